The van der Waals surface area contributed by atoms with Gasteiger partial charge in [-0.2, -0.15) is 0 Å². The summed E-state index contributed by atoms with van der Waals surface area (Å²) in [5.41, 5.74) is 2.48. The Morgan fingerprint density at radius 1 is 1.09 bits per heavy atom. The highest BCUT2D eigenvalue weighted by Crippen LogP contribution is 2.36. The van der Waals surface area contributed by atoms with E-state index >= 15 is 0 Å². The van der Waals surface area contributed by atoms with Crippen molar-refractivity contribution in [3.05, 3.63) is 53.9 Å². The third-order valence-corrected chi connectivity index (χ3v) is 6.43. The number of amides is 1. The Kier molecular flexibility index (Phi) is 6.48. The van der Waals surface area contributed by atoms with Gasteiger partial charge in [-0.25, -0.2) is 4.79 Å². The fourth-order valence-corrected chi connectivity index (χ4v) is 4.45. The zero-order chi connectivity index (χ0) is 22.6. The van der Waals surface area contributed by atoms with Crippen molar-refractivity contribution in [3.8, 4) is 5.75 Å². The minimum absolute atomic E-state index is 0.218. The first-order valence-corrected chi connectivity index (χ1v) is 11.1. The number of hydrogen-bond donors (Lipinski definition) is 1. The first kappa shape index (κ1) is 21.9. The third kappa shape index (κ3) is 4.64. The maximum atomic E-state index is 12.9. The van der Waals surface area contributed by atoms with Crippen LogP contribution in [-0.2, 0) is 22.5 Å². The lowest BCUT2D eigenvalue weighted by Gasteiger charge is -2.40. The molecule has 4 rings (SSSR count). The molecule has 0 atom stereocenters. The maximum absolute atomic E-state index is 12.9. The van der Waals surface area contributed by atoms with E-state index in [-0.39, 0.29) is 12.6 Å². The van der Waals surface area contributed by atoms with Crippen molar-refractivity contribution >= 4 is 17.7 Å². The van der Waals surface area contributed by atoms with Crippen LogP contribution in [-0.4, -0.2) is 59.9 Å². The minimum atomic E-state index is -0.913. The predicted octanol–water partition coefficient (Wildman–Crippen LogP) is 3.35. The molecule has 8 nitrogen and oxygen atoms in total. The molecular formula is C24H29N3O5. The number of nitrogens with zero attached hydrogens (tertiary/aromatic N) is 3. The van der Waals surface area contributed by atoms with Crippen LogP contribution in [0.15, 0.2) is 42.7 Å². The van der Waals surface area contributed by atoms with Gasteiger partial charge in [0.15, 0.2) is 0 Å². The number of esters is 1. The second-order valence-electron chi connectivity index (χ2n) is 8.37. The van der Waals surface area contributed by atoms with Gasteiger partial charge in [0.2, 0.25) is 0 Å². The van der Waals surface area contributed by atoms with Crippen molar-refractivity contribution in [2.24, 2.45) is 5.41 Å². The number of carbonyl (C=O) groups excluding carboxylic acids is 1. The molecule has 8 heteroatoms. The molecule has 0 aliphatic carbocycles. The molecule has 1 N–H and O–H groups in total. The number of carboxylic acid groups (broad SMARTS) is 1. The molecule has 2 aliphatic heterocycles. The van der Waals surface area contributed by atoms with Crippen molar-refractivity contribution in [2.75, 3.05) is 37.7 Å². The molecule has 0 bridgehead atoms. The van der Waals surface area contributed by atoms with E-state index in [1.165, 1.54) is 4.90 Å². The van der Waals surface area contributed by atoms with Gasteiger partial charge in [0.25, 0.3) is 0 Å². The molecule has 1 aromatic carbocycles. The number of hydrogen-bond acceptors (Lipinski definition) is 6. The molecule has 170 valence electrons. The van der Waals surface area contributed by atoms with E-state index in [0.29, 0.717) is 44.7 Å². The van der Waals surface area contributed by atoms with E-state index in [1.54, 1.807) is 12.4 Å². The number of pyridine rings is 1. The Hall–Kier alpha value is -3.29. The summed E-state index contributed by atoms with van der Waals surface area (Å²) in [6, 6.07) is 9.74. The third-order valence-electron chi connectivity index (χ3n) is 6.43. The fourth-order valence-electron chi connectivity index (χ4n) is 4.45. The highest BCUT2D eigenvalue weighted by molar-refractivity contribution is 5.77. The average molecular weight is 440 g/mol. The molecule has 3 heterocycles. The van der Waals surface area contributed by atoms with Crippen molar-refractivity contribution in [1.29, 1.82) is 0 Å². The zero-order valence-corrected chi connectivity index (χ0v) is 18.3. The van der Waals surface area contributed by atoms with Crippen molar-refractivity contribution < 1.29 is 24.2 Å². The number of rotatable bonds is 6. The van der Waals surface area contributed by atoms with Gasteiger partial charge in [0, 0.05) is 44.3 Å². The quantitative estimate of drug-likeness (QED) is 0.690. The van der Waals surface area contributed by atoms with E-state index in [0.717, 1.165) is 29.9 Å². The van der Waals surface area contributed by atoms with E-state index in [9.17, 15) is 14.7 Å². The van der Waals surface area contributed by atoms with Crippen LogP contribution in [0.4, 0.5) is 10.5 Å². The Balaban J connectivity index is 1.46. The number of aromatic nitrogens is 1. The first-order valence-electron chi connectivity index (χ1n) is 11.1. The number of ether oxygens (including phenoxy) is 2. The Morgan fingerprint density at radius 2 is 1.84 bits per heavy atom. The SMILES string of the molecule is CCOC(=O)C1(COc2ccc3c(c2)CN(C(=O)O)CC3)CCN(c2ccncc2)CC1. The standard InChI is InChI=1S/C24H29N3O5/c1-2-31-22(28)24(8-13-26(14-9-24)20-5-10-25-11-6-20)17-32-21-4-3-18-7-12-27(23(29)30)16-19(18)15-21/h3-6,10-11,15H,2,7-9,12-14,16-17H2,1H3,(H,29,30). The molecular weight excluding hydrogens is 410 g/mol. The Labute approximate surface area is 187 Å². The van der Waals surface area contributed by atoms with Gasteiger partial charge in [0.1, 0.15) is 17.8 Å². The summed E-state index contributed by atoms with van der Waals surface area (Å²) in [7, 11) is 0. The second kappa shape index (κ2) is 9.46. The van der Waals surface area contributed by atoms with Crippen molar-refractivity contribution in [3.63, 3.8) is 0 Å². The molecule has 1 fully saturated rings. The highest BCUT2D eigenvalue weighted by Gasteiger charge is 2.44. The summed E-state index contributed by atoms with van der Waals surface area (Å²) in [5, 5.41) is 9.29. The number of benzene rings is 1. The lowest BCUT2D eigenvalue weighted by atomic mass is 9.79. The second-order valence-corrected chi connectivity index (χ2v) is 8.37. The number of anilines is 1. The molecule has 0 unspecified atom stereocenters. The topological polar surface area (TPSA) is 92.2 Å². The number of piperidine rings is 1. The Morgan fingerprint density at radius 3 is 2.53 bits per heavy atom. The lowest BCUT2D eigenvalue weighted by molar-refractivity contribution is -0.159. The molecule has 2 aromatic rings. The molecule has 2 aliphatic rings. The van der Waals surface area contributed by atoms with E-state index < -0.39 is 11.5 Å². The molecule has 1 aromatic heterocycles. The van der Waals surface area contributed by atoms with Crippen LogP contribution in [0.3, 0.4) is 0 Å². The summed E-state index contributed by atoms with van der Waals surface area (Å²) in [4.78, 5) is 32.0. The van der Waals surface area contributed by atoms with E-state index in [2.05, 4.69) is 9.88 Å². The van der Waals surface area contributed by atoms with Crippen LogP contribution in [0.25, 0.3) is 0 Å². The fraction of sp³-hybridized carbons (Fsp3) is 0.458. The summed E-state index contributed by atoms with van der Waals surface area (Å²) < 4.78 is 11.5. The maximum Gasteiger partial charge on any atom is 0.407 e. The van der Waals surface area contributed by atoms with Gasteiger partial charge in [-0.05, 0) is 61.6 Å². The smallest absolute Gasteiger partial charge is 0.407 e. The average Bonchev–Trinajstić information content (AvgIpc) is 2.83. The molecule has 32 heavy (non-hydrogen) atoms. The lowest BCUT2D eigenvalue weighted by Crippen LogP contribution is -2.48. The molecule has 1 amide bonds. The summed E-state index contributed by atoms with van der Waals surface area (Å²) >= 11 is 0. The summed E-state index contributed by atoms with van der Waals surface area (Å²) in [6.07, 6.45) is 4.58. The van der Waals surface area contributed by atoms with Crippen LogP contribution in [0.5, 0.6) is 5.75 Å². The van der Waals surface area contributed by atoms with Crippen molar-refractivity contribution in [2.45, 2.75) is 32.7 Å². The predicted molar refractivity (Wildman–Crippen MR) is 119 cm³/mol. The normalized spacial score (nSPS) is 17.4. The molecule has 1 saturated heterocycles. The van der Waals surface area contributed by atoms with Gasteiger partial charge in [0.05, 0.1) is 6.61 Å². The van der Waals surface area contributed by atoms with Gasteiger partial charge < -0.3 is 24.4 Å². The monoisotopic (exact) mass is 439 g/mol. The summed E-state index contributed by atoms with van der Waals surface area (Å²) in [6.45, 7) is 4.69. The highest BCUT2D eigenvalue weighted by atomic mass is 16.5. The van der Waals surface area contributed by atoms with Crippen LogP contribution in [0.1, 0.15) is 30.9 Å². The summed E-state index contributed by atoms with van der Waals surface area (Å²) in [5.74, 6) is 0.431. The van der Waals surface area contributed by atoms with Gasteiger partial charge >= 0.3 is 12.1 Å². The van der Waals surface area contributed by atoms with Crippen LogP contribution >= 0.6 is 0 Å². The zero-order valence-electron chi connectivity index (χ0n) is 18.3. The first-order chi connectivity index (χ1) is 15.5. The van der Waals surface area contributed by atoms with Crippen LogP contribution in [0, 0.1) is 5.41 Å². The van der Waals surface area contributed by atoms with E-state index in [4.69, 9.17) is 9.47 Å². The van der Waals surface area contributed by atoms with Gasteiger partial charge in [-0.3, -0.25) is 9.78 Å². The van der Waals surface area contributed by atoms with Crippen molar-refractivity contribution in [1.82, 2.24) is 9.88 Å². The van der Waals surface area contributed by atoms with Crippen LogP contribution < -0.4 is 9.64 Å². The number of fused-ring (bicyclic) bond motifs is 1. The molecule has 0 radical (unpaired) electrons. The van der Waals surface area contributed by atoms with Crippen LogP contribution in [0.2, 0.25) is 0 Å². The molecule has 0 saturated carbocycles. The Bertz CT molecular complexity index is 957. The van der Waals surface area contributed by atoms with Gasteiger partial charge in [-0.15, -0.1) is 0 Å². The van der Waals surface area contributed by atoms with E-state index in [1.807, 2.05) is 37.3 Å². The number of carbonyl (C=O) groups is 2. The molecule has 0 spiro atoms. The van der Waals surface area contributed by atoms with Gasteiger partial charge in [-0.1, -0.05) is 6.07 Å². The largest absolute Gasteiger partial charge is 0.492 e. The minimum Gasteiger partial charge on any atom is -0.492 e.